The molecule has 176 valence electrons. The quantitative estimate of drug-likeness (QED) is 0.190. The van der Waals surface area contributed by atoms with Gasteiger partial charge >= 0.3 is 0 Å². The second-order valence-electron chi connectivity index (χ2n) is 10.1. The zero-order chi connectivity index (χ0) is 24.8. The van der Waals surface area contributed by atoms with Crippen molar-refractivity contribution in [2.75, 3.05) is 0 Å². The summed E-state index contributed by atoms with van der Waals surface area (Å²) in [6.07, 6.45) is 0. The van der Waals surface area contributed by atoms with E-state index in [9.17, 15) is 0 Å². The fraction of sp³-hybridized carbons (Fsp3) is 0. The van der Waals surface area contributed by atoms with Crippen molar-refractivity contribution in [3.8, 4) is 11.1 Å². The molecule has 0 atom stereocenters. The third-order valence-electron chi connectivity index (χ3n) is 8.07. The molecule has 9 rings (SSSR count). The predicted molar refractivity (Wildman–Crippen MR) is 170 cm³/mol. The van der Waals surface area contributed by atoms with Crippen LogP contribution >= 0.6 is 22.7 Å². The Balaban J connectivity index is 1.36. The molecule has 0 fully saturated rings. The van der Waals surface area contributed by atoms with Gasteiger partial charge in [-0.2, -0.15) is 0 Å². The summed E-state index contributed by atoms with van der Waals surface area (Å²) >= 11 is 3.87. The van der Waals surface area contributed by atoms with Crippen LogP contribution in [0.4, 0.5) is 0 Å². The van der Waals surface area contributed by atoms with Gasteiger partial charge in [0.25, 0.3) is 0 Å². The van der Waals surface area contributed by atoms with Gasteiger partial charge in [-0.3, -0.25) is 0 Å². The van der Waals surface area contributed by atoms with Gasteiger partial charge < -0.3 is 0 Å². The SMILES string of the molecule is c1ccc2c(c1)sc1c2ccc2c3cccc(-c4ccc5c6ccccc6c6ccccc6c5c4)c3sc21. The first-order valence-electron chi connectivity index (χ1n) is 12.9. The van der Waals surface area contributed by atoms with Crippen molar-refractivity contribution >= 4 is 95.3 Å². The lowest BCUT2D eigenvalue weighted by atomic mass is 9.92. The molecule has 0 aliphatic carbocycles. The maximum atomic E-state index is 2.41. The molecule has 7 aromatic carbocycles. The highest BCUT2D eigenvalue weighted by Crippen LogP contribution is 2.47. The van der Waals surface area contributed by atoms with Gasteiger partial charge in [0.05, 0.1) is 9.40 Å². The van der Waals surface area contributed by atoms with Gasteiger partial charge in [0, 0.05) is 30.9 Å². The van der Waals surface area contributed by atoms with Crippen LogP contribution < -0.4 is 0 Å². The van der Waals surface area contributed by atoms with Gasteiger partial charge in [0.15, 0.2) is 0 Å². The minimum Gasteiger partial charge on any atom is -0.134 e. The molecule has 0 spiro atoms. The number of hydrogen-bond donors (Lipinski definition) is 0. The average molecular weight is 517 g/mol. The Hall–Kier alpha value is -4.24. The third kappa shape index (κ3) is 2.74. The zero-order valence-corrected chi connectivity index (χ0v) is 22.0. The van der Waals surface area contributed by atoms with Crippen LogP contribution in [0, 0.1) is 0 Å². The van der Waals surface area contributed by atoms with E-state index in [1.165, 1.54) is 83.8 Å². The van der Waals surface area contributed by atoms with Gasteiger partial charge in [-0.05, 0) is 55.6 Å². The van der Waals surface area contributed by atoms with Crippen LogP contribution in [0.25, 0.3) is 83.8 Å². The van der Waals surface area contributed by atoms with Crippen LogP contribution in [-0.2, 0) is 0 Å². The van der Waals surface area contributed by atoms with Crippen LogP contribution in [0.5, 0.6) is 0 Å². The molecule has 0 nitrogen and oxygen atoms in total. The van der Waals surface area contributed by atoms with Crippen LogP contribution in [0.15, 0.2) is 121 Å². The predicted octanol–water partition coefficient (Wildman–Crippen LogP) is 11.5. The standard InChI is InChI=1S/C36H20S2/c1-2-10-25-23(8-1)24-9-3-4-11-26(24)32-20-21(16-17-27(25)32)22-13-7-14-29-31-19-18-30-28-12-5-6-15-33(28)37-35(30)36(31)38-34(22)29/h1-20H. The molecule has 0 aliphatic heterocycles. The van der Waals surface area contributed by atoms with Crippen molar-refractivity contribution in [2.45, 2.75) is 0 Å². The smallest absolute Gasteiger partial charge is 0.0534 e. The Morgan fingerprint density at radius 2 is 0.816 bits per heavy atom. The van der Waals surface area contributed by atoms with Crippen molar-refractivity contribution in [1.29, 1.82) is 0 Å². The van der Waals surface area contributed by atoms with Gasteiger partial charge in [-0.1, -0.05) is 109 Å². The number of rotatable bonds is 1. The summed E-state index contributed by atoms with van der Waals surface area (Å²) < 4.78 is 5.55. The highest BCUT2D eigenvalue weighted by molar-refractivity contribution is 7.33. The van der Waals surface area contributed by atoms with Crippen LogP contribution in [0.2, 0.25) is 0 Å². The van der Waals surface area contributed by atoms with E-state index in [-0.39, 0.29) is 0 Å². The maximum Gasteiger partial charge on any atom is 0.0534 e. The fourth-order valence-corrected chi connectivity index (χ4v) is 9.01. The van der Waals surface area contributed by atoms with Crippen molar-refractivity contribution in [2.24, 2.45) is 0 Å². The van der Waals surface area contributed by atoms with E-state index < -0.39 is 0 Å². The maximum absolute atomic E-state index is 2.41. The van der Waals surface area contributed by atoms with E-state index in [1.54, 1.807) is 0 Å². The van der Waals surface area contributed by atoms with E-state index >= 15 is 0 Å². The monoisotopic (exact) mass is 516 g/mol. The van der Waals surface area contributed by atoms with Gasteiger partial charge in [0.1, 0.15) is 0 Å². The number of hydrogen-bond acceptors (Lipinski definition) is 2. The highest BCUT2D eigenvalue weighted by atomic mass is 32.1. The molecule has 0 radical (unpaired) electrons. The first-order valence-corrected chi connectivity index (χ1v) is 14.6. The van der Waals surface area contributed by atoms with E-state index in [0.717, 1.165) is 0 Å². The van der Waals surface area contributed by atoms with Crippen LogP contribution in [0.3, 0.4) is 0 Å². The number of benzene rings is 7. The molecule has 0 unspecified atom stereocenters. The Bertz CT molecular complexity index is 2370. The first kappa shape index (κ1) is 20.8. The minimum absolute atomic E-state index is 1.28. The largest absolute Gasteiger partial charge is 0.134 e. The van der Waals surface area contributed by atoms with Gasteiger partial charge in [0.2, 0.25) is 0 Å². The number of thiophene rings is 2. The fourth-order valence-electron chi connectivity index (χ4n) is 6.34. The van der Waals surface area contributed by atoms with Crippen molar-refractivity contribution < 1.29 is 0 Å². The van der Waals surface area contributed by atoms with E-state index in [2.05, 4.69) is 121 Å². The molecule has 9 aromatic rings. The molecule has 0 saturated heterocycles. The summed E-state index contributed by atoms with van der Waals surface area (Å²) in [6.45, 7) is 0. The molecule has 0 bridgehead atoms. The third-order valence-corrected chi connectivity index (χ3v) is 10.7. The van der Waals surface area contributed by atoms with Crippen LogP contribution in [-0.4, -0.2) is 0 Å². The van der Waals surface area contributed by atoms with Crippen molar-refractivity contribution in [3.63, 3.8) is 0 Å². The number of fused-ring (bicyclic) bond motifs is 13. The Labute approximate surface area is 227 Å². The lowest BCUT2D eigenvalue weighted by Crippen LogP contribution is -1.85. The van der Waals surface area contributed by atoms with Gasteiger partial charge in [-0.25, -0.2) is 0 Å². The summed E-state index contributed by atoms with van der Waals surface area (Å²) in [5, 5.41) is 13.4. The summed E-state index contributed by atoms with van der Waals surface area (Å²) in [5.41, 5.74) is 2.60. The summed E-state index contributed by atoms with van der Waals surface area (Å²) in [4.78, 5) is 0. The molecule has 38 heavy (non-hydrogen) atoms. The molecule has 0 saturated carbocycles. The van der Waals surface area contributed by atoms with Crippen molar-refractivity contribution in [1.82, 2.24) is 0 Å². The van der Waals surface area contributed by atoms with E-state index in [0.29, 0.717) is 0 Å². The summed E-state index contributed by atoms with van der Waals surface area (Å²) in [6, 6.07) is 44.9. The Kier molecular flexibility index (Phi) is 4.18. The molecule has 0 aliphatic rings. The van der Waals surface area contributed by atoms with E-state index in [1.807, 2.05) is 22.7 Å². The minimum atomic E-state index is 1.28. The van der Waals surface area contributed by atoms with E-state index in [4.69, 9.17) is 0 Å². The molecule has 2 heteroatoms. The van der Waals surface area contributed by atoms with Crippen LogP contribution in [0.1, 0.15) is 0 Å². The van der Waals surface area contributed by atoms with Crippen molar-refractivity contribution in [3.05, 3.63) is 121 Å². The lowest BCUT2D eigenvalue weighted by Gasteiger charge is -2.12. The summed E-state index contributed by atoms with van der Waals surface area (Å²) in [5.74, 6) is 0. The normalized spacial score (nSPS) is 12.2. The summed E-state index contributed by atoms with van der Waals surface area (Å²) in [7, 11) is 0. The first-order chi connectivity index (χ1) is 18.8. The topological polar surface area (TPSA) is 0 Å². The molecule has 0 amide bonds. The molecule has 2 heterocycles. The van der Waals surface area contributed by atoms with Gasteiger partial charge in [-0.15, -0.1) is 22.7 Å². The lowest BCUT2D eigenvalue weighted by molar-refractivity contribution is 1.73. The Morgan fingerprint density at radius 1 is 0.316 bits per heavy atom. The second kappa shape index (κ2) is 7.64. The highest BCUT2D eigenvalue weighted by Gasteiger charge is 2.16. The molecular formula is C36H20S2. The molecular weight excluding hydrogens is 497 g/mol. The zero-order valence-electron chi connectivity index (χ0n) is 20.4. The Morgan fingerprint density at radius 3 is 1.55 bits per heavy atom. The average Bonchev–Trinajstić information content (AvgIpc) is 3.56. The molecule has 0 N–H and O–H groups in total. The second-order valence-corrected chi connectivity index (χ2v) is 12.1. The molecule has 2 aromatic heterocycles.